The lowest BCUT2D eigenvalue weighted by Crippen LogP contribution is -2.30. The molecule has 0 aliphatic carbocycles. The number of carbonyl (C=O) groups excluding carboxylic acids is 1. The molecule has 0 saturated heterocycles. The lowest BCUT2D eigenvalue weighted by molar-refractivity contribution is 0.0601. The van der Waals surface area contributed by atoms with E-state index in [0.717, 1.165) is 0 Å². The molecule has 2 rings (SSSR count). The Balaban J connectivity index is 2.58. The van der Waals surface area contributed by atoms with E-state index in [-0.39, 0.29) is 12.4 Å². The summed E-state index contributed by atoms with van der Waals surface area (Å²) in [7, 11) is 1.30. The predicted octanol–water partition coefficient (Wildman–Crippen LogP) is 1.77. The monoisotopic (exact) mass is 290 g/mol. The Bertz CT molecular complexity index is 661. The number of carbonyl (C=O) groups is 1. The third-order valence-corrected chi connectivity index (χ3v) is 3.37. The van der Waals surface area contributed by atoms with E-state index >= 15 is 0 Å². The molecule has 1 aromatic heterocycles. The normalized spacial score (nSPS) is 11.4. The molecule has 6 heteroatoms. The molecule has 0 radical (unpaired) electrons. The van der Waals surface area contributed by atoms with Gasteiger partial charge in [-0.15, -0.1) is 0 Å². The molecule has 2 aromatic rings. The van der Waals surface area contributed by atoms with Crippen LogP contribution in [0.3, 0.4) is 0 Å². The van der Waals surface area contributed by atoms with E-state index in [9.17, 15) is 15.0 Å². The predicted molar refractivity (Wildman–Crippen MR) is 77.1 cm³/mol. The van der Waals surface area contributed by atoms with Crippen LogP contribution in [0.1, 0.15) is 24.2 Å². The van der Waals surface area contributed by atoms with E-state index in [4.69, 9.17) is 0 Å². The zero-order valence-corrected chi connectivity index (χ0v) is 12.2. The first kappa shape index (κ1) is 15.1. The number of aromatic hydroxyl groups is 1. The van der Waals surface area contributed by atoms with Gasteiger partial charge < -0.3 is 19.5 Å². The Labute approximate surface area is 122 Å². The molecule has 0 aliphatic rings. The number of phenolic OH excluding ortho intramolecular Hbond substituents is 1. The summed E-state index contributed by atoms with van der Waals surface area (Å²) in [6.07, 6.45) is 3.16. The summed E-state index contributed by atoms with van der Waals surface area (Å²) in [6.45, 7) is 3.60. The molecule has 0 spiro atoms. The Hall–Kier alpha value is -2.34. The van der Waals surface area contributed by atoms with Gasteiger partial charge in [0.1, 0.15) is 5.75 Å². The maximum absolute atomic E-state index is 11.6. The number of imidazole rings is 1. The second kappa shape index (κ2) is 5.57. The highest BCUT2D eigenvalue weighted by molar-refractivity contribution is 5.91. The van der Waals surface area contributed by atoms with Gasteiger partial charge in [0.05, 0.1) is 43.0 Å². The SMILES string of the molecule is COC(=O)c1ccc(O)c(-c2cncn2C(C)(C)CO)c1. The Kier molecular flexibility index (Phi) is 3.99. The molecule has 112 valence electrons. The van der Waals surface area contributed by atoms with Crippen molar-refractivity contribution in [2.75, 3.05) is 13.7 Å². The summed E-state index contributed by atoms with van der Waals surface area (Å²) in [6, 6.07) is 4.47. The second-order valence-electron chi connectivity index (χ2n) is 5.34. The first-order chi connectivity index (χ1) is 9.90. The molecule has 0 saturated carbocycles. The van der Waals surface area contributed by atoms with Crippen LogP contribution in [0.4, 0.5) is 0 Å². The minimum atomic E-state index is -0.584. The highest BCUT2D eigenvalue weighted by Gasteiger charge is 2.23. The molecule has 0 fully saturated rings. The Morgan fingerprint density at radius 2 is 2.14 bits per heavy atom. The number of benzene rings is 1. The number of aliphatic hydroxyl groups is 1. The van der Waals surface area contributed by atoms with Crippen molar-refractivity contribution in [3.63, 3.8) is 0 Å². The Morgan fingerprint density at radius 1 is 1.43 bits per heavy atom. The van der Waals surface area contributed by atoms with Gasteiger partial charge in [-0.1, -0.05) is 0 Å². The third kappa shape index (κ3) is 2.75. The van der Waals surface area contributed by atoms with E-state index in [2.05, 4.69) is 9.72 Å². The van der Waals surface area contributed by atoms with E-state index in [1.165, 1.54) is 19.2 Å². The van der Waals surface area contributed by atoms with Gasteiger partial charge in [-0.25, -0.2) is 9.78 Å². The molecule has 2 N–H and O–H groups in total. The van der Waals surface area contributed by atoms with Gasteiger partial charge in [-0.3, -0.25) is 0 Å². The molecule has 0 bridgehead atoms. The number of ether oxygens (including phenoxy) is 1. The summed E-state index contributed by atoms with van der Waals surface area (Å²) in [5.41, 5.74) is 0.814. The highest BCUT2D eigenvalue weighted by atomic mass is 16.5. The fourth-order valence-corrected chi connectivity index (χ4v) is 2.04. The van der Waals surface area contributed by atoms with Crippen molar-refractivity contribution < 1.29 is 19.7 Å². The summed E-state index contributed by atoms with van der Waals surface area (Å²) < 4.78 is 6.44. The lowest BCUT2D eigenvalue weighted by Gasteiger charge is -2.26. The van der Waals surface area contributed by atoms with Crippen molar-refractivity contribution in [2.24, 2.45) is 0 Å². The zero-order chi connectivity index (χ0) is 15.6. The van der Waals surface area contributed by atoms with Gasteiger partial charge in [-0.05, 0) is 32.0 Å². The van der Waals surface area contributed by atoms with Gasteiger partial charge in [0.25, 0.3) is 0 Å². The van der Waals surface area contributed by atoms with Crippen LogP contribution in [0.15, 0.2) is 30.7 Å². The lowest BCUT2D eigenvalue weighted by atomic mass is 10.0. The van der Waals surface area contributed by atoms with Crippen molar-refractivity contribution in [1.82, 2.24) is 9.55 Å². The standard InChI is InChI=1S/C15H18N2O4/c1-15(2,8-18)17-9-16-7-12(17)11-6-10(14(20)21-3)4-5-13(11)19/h4-7,9,18-19H,8H2,1-3H3. The molecule has 0 amide bonds. The molecule has 0 atom stereocenters. The zero-order valence-electron chi connectivity index (χ0n) is 12.2. The minimum absolute atomic E-state index is 0.0261. The van der Waals surface area contributed by atoms with Crippen LogP contribution in [0.2, 0.25) is 0 Å². The largest absolute Gasteiger partial charge is 0.507 e. The van der Waals surface area contributed by atoms with E-state index in [0.29, 0.717) is 16.8 Å². The quantitative estimate of drug-likeness (QED) is 0.838. The van der Waals surface area contributed by atoms with E-state index in [1.807, 2.05) is 13.8 Å². The van der Waals surface area contributed by atoms with E-state index < -0.39 is 11.5 Å². The van der Waals surface area contributed by atoms with Crippen LogP contribution in [-0.4, -0.2) is 39.5 Å². The maximum Gasteiger partial charge on any atom is 0.337 e. The molecular formula is C15H18N2O4. The fraction of sp³-hybridized carbons (Fsp3) is 0.333. The number of hydrogen-bond acceptors (Lipinski definition) is 5. The number of methoxy groups -OCH3 is 1. The van der Waals surface area contributed by atoms with Crippen LogP contribution in [0, 0.1) is 0 Å². The summed E-state index contributed by atoms with van der Waals surface area (Å²) in [4.78, 5) is 15.7. The fourth-order valence-electron chi connectivity index (χ4n) is 2.04. The molecule has 0 aliphatic heterocycles. The van der Waals surface area contributed by atoms with E-state index in [1.54, 1.807) is 23.2 Å². The van der Waals surface area contributed by atoms with Gasteiger partial charge in [0.2, 0.25) is 0 Å². The molecule has 1 aromatic carbocycles. The first-order valence-electron chi connectivity index (χ1n) is 6.46. The average molecular weight is 290 g/mol. The van der Waals surface area contributed by atoms with Crippen molar-refractivity contribution in [3.05, 3.63) is 36.3 Å². The average Bonchev–Trinajstić information content (AvgIpc) is 2.97. The molecule has 0 unspecified atom stereocenters. The summed E-state index contributed by atoms with van der Waals surface area (Å²) in [5.74, 6) is -0.457. The van der Waals surface area contributed by atoms with Crippen molar-refractivity contribution >= 4 is 5.97 Å². The highest BCUT2D eigenvalue weighted by Crippen LogP contribution is 2.33. The third-order valence-electron chi connectivity index (χ3n) is 3.37. The minimum Gasteiger partial charge on any atom is -0.507 e. The van der Waals surface area contributed by atoms with Gasteiger partial charge in [-0.2, -0.15) is 0 Å². The molecule has 1 heterocycles. The number of rotatable bonds is 4. The summed E-state index contributed by atoms with van der Waals surface area (Å²) >= 11 is 0. The van der Waals surface area contributed by atoms with Crippen LogP contribution in [0.5, 0.6) is 5.75 Å². The van der Waals surface area contributed by atoms with Gasteiger partial charge in [0, 0.05) is 5.56 Å². The molecule has 21 heavy (non-hydrogen) atoms. The molecular weight excluding hydrogens is 272 g/mol. The number of esters is 1. The number of hydrogen-bond donors (Lipinski definition) is 2. The van der Waals surface area contributed by atoms with Crippen LogP contribution >= 0.6 is 0 Å². The number of aromatic nitrogens is 2. The van der Waals surface area contributed by atoms with Crippen molar-refractivity contribution in [2.45, 2.75) is 19.4 Å². The number of aliphatic hydroxyl groups excluding tert-OH is 1. The second-order valence-corrected chi connectivity index (χ2v) is 5.34. The Morgan fingerprint density at radius 3 is 2.76 bits per heavy atom. The van der Waals surface area contributed by atoms with Gasteiger partial charge >= 0.3 is 5.97 Å². The van der Waals surface area contributed by atoms with Crippen LogP contribution < -0.4 is 0 Å². The summed E-state index contributed by atoms with van der Waals surface area (Å²) in [5, 5.41) is 19.6. The smallest absolute Gasteiger partial charge is 0.337 e. The van der Waals surface area contributed by atoms with Crippen LogP contribution in [0.25, 0.3) is 11.3 Å². The number of nitrogens with zero attached hydrogens (tertiary/aromatic N) is 2. The maximum atomic E-state index is 11.6. The number of phenols is 1. The van der Waals surface area contributed by atoms with Crippen molar-refractivity contribution in [3.8, 4) is 17.0 Å². The van der Waals surface area contributed by atoms with Gasteiger partial charge in [0.15, 0.2) is 0 Å². The van der Waals surface area contributed by atoms with Crippen LogP contribution in [-0.2, 0) is 10.3 Å². The topological polar surface area (TPSA) is 84.6 Å². The first-order valence-corrected chi connectivity index (χ1v) is 6.46. The van der Waals surface area contributed by atoms with Crippen molar-refractivity contribution in [1.29, 1.82) is 0 Å². The molecule has 6 nitrogen and oxygen atoms in total.